The lowest BCUT2D eigenvalue weighted by molar-refractivity contribution is -0.870. The molecule has 0 spiro atoms. The summed E-state index contributed by atoms with van der Waals surface area (Å²) in [5.41, 5.74) is 0. The second-order valence-corrected chi connectivity index (χ2v) is 17.2. The molecule has 3 unspecified atom stereocenters. The van der Waals surface area contributed by atoms with E-state index in [2.05, 4.69) is 43.5 Å². The number of phosphoric acid groups is 1. The van der Waals surface area contributed by atoms with Crippen molar-refractivity contribution in [3.05, 3.63) is 24.3 Å². The van der Waals surface area contributed by atoms with Gasteiger partial charge >= 0.3 is 7.82 Å². The van der Waals surface area contributed by atoms with Crippen molar-refractivity contribution in [2.24, 2.45) is 0 Å². The van der Waals surface area contributed by atoms with Gasteiger partial charge in [0.2, 0.25) is 5.91 Å². The third-order valence-corrected chi connectivity index (χ3v) is 10.4. The molecule has 0 aromatic carbocycles. The average molecular weight is 744 g/mol. The van der Waals surface area contributed by atoms with Crippen molar-refractivity contribution in [1.82, 2.24) is 5.32 Å². The van der Waals surface area contributed by atoms with Crippen LogP contribution in [-0.4, -0.2) is 73.4 Å². The van der Waals surface area contributed by atoms with Gasteiger partial charge in [0.15, 0.2) is 0 Å². The lowest BCUT2D eigenvalue weighted by Gasteiger charge is -2.26. The normalized spacial score (nSPS) is 14.7. The zero-order chi connectivity index (χ0) is 37.9. The highest BCUT2D eigenvalue weighted by molar-refractivity contribution is 7.47. The van der Waals surface area contributed by atoms with Crippen molar-refractivity contribution in [3.8, 4) is 0 Å². The second-order valence-electron chi connectivity index (χ2n) is 15.7. The number of phosphoric ester groups is 1. The van der Waals surface area contributed by atoms with E-state index < -0.39 is 20.0 Å². The Labute approximate surface area is 315 Å². The van der Waals surface area contributed by atoms with Crippen LogP contribution in [0.1, 0.15) is 187 Å². The topological polar surface area (TPSA) is 105 Å². The van der Waals surface area contributed by atoms with Gasteiger partial charge in [0, 0.05) is 6.42 Å². The van der Waals surface area contributed by atoms with Crippen LogP contribution in [0.25, 0.3) is 0 Å². The average Bonchev–Trinajstić information content (AvgIpc) is 3.07. The summed E-state index contributed by atoms with van der Waals surface area (Å²) in [4.78, 5) is 23.0. The number of allylic oxidation sites excluding steroid dienone is 4. The molecule has 0 fully saturated rings. The molecule has 0 aromatic rings. The number of carbonyl (C=O) groups is 1. The summed E-state index contributed by atoms with van der Waals surface area (Å²) < 4.78 is 23.4. The summed E-state index contributed by atoms with van der Waals surface area (Å²) in [6.45, 7) is 4.80. The first-order valence-corrected chi connectivity index (χ1v) is 22.7. The molecule has 0 saturated heterocycles. The molecule has 0 aliphatic rings. The van der Waals surface area contributed by atoms with E-state index in [-0.39, 0.29) is 19.1 Å². The number of hydrogen-bond donors (Lipinski definition) is 3. The van der Waals surface area contributed by atoms with Crippen LogP contribution in [0.2, 0.25) is 0 Å². The van der Waals surface area contributed by atoms with Gasteiger partial charge in [-0.25, -0.2) is 4.57 Å². The van der Waals surface area contributed by atoms with Crippen molar-refractivity contribution in [3.63, 3.8) is 0 Å². The van der Waals surface area contributed by atoms with E-state index in [0.29, 0.717) is 23.9 Å². The maximum absolute atomic E-state index is 12.8. The summed E-state index contributed by atoms with van der Waals surface area (Å²) in [7, 11) is 1.61. The van der Waals surface area contributed by atoms with Crippen LogP contribution in [-0.2, 0) is 18.4 Å². The predicted octanol–water partition coefficient (Wildman–Crippen LogP) is 11.4. The van der Waals surface area contributed by atoms with Crippen LogP contribution < -0.4 is 5.32 Å². The number of nitrogens with one attached hydrogen (secondary N) is 1. The Bertz CT molecular complexity index is 891. The first-order chi connectivity index (χ1) is 24.5. The number of rotatable bonds is 38. The zero-order valence-electron chi connectivity index (χ0n) is 34.1. The van der Waals surface area contributed by atoms with Crippen LogP contribution in [0.4, 0.5) is 0 Å². The number of hydrogen-bond acceptors (Lipinski definition) is 5. The monoisotopic (exact) mass is 744 g/mol. The van der Waals surface area contributed by atoms with E-state index >= 15 is 0 Å². The van der Waals surface area contributed by atoms with Crippen molar-refractivity contribution < 1.29 is 32.9 Å². The molecule has 8 nitrogen and oxygen atoms in total. The number of amides is 1. The summed E-state index contributed by atoms with van der Waals surface area (Å²) in [5, 5.41) is 13.8. The van der Waals surface area contributed by atoms with Crippen molar-refractivity contribution in [2.45, 2.75) is 199 Å². The molecule has 0 rings (SSSR count). The minimum absolute atomic E-state index is 0.0740. The van der Waals surface area contributed by atoms with Gasteiger partial charge < -0.3 is 19.8 Å². The Kier molecular flexibility index (Phi) is 34.0. The lowest BCUT2D eigenvalue weighted by Crippen LogP contribution is -2.46. The van der Waals surface area contributed by atoms with Crippen LogP contribution in [0.5, 0.6) is 0 Å². The van der Waals surface area contributed by atoms with Crippen molar-refractivity contribution in [1.29, 1.82) is 0 Å². The fourth-order valence-corrected chi connectivity index (χ4v) is 6.75. The number of aliphatic hydroxyl groups excluding tert-OH is 1. The molecule has 0 radical (unpaired) electrons. The highest BCUT2D eigenvalue weighted by Crippen LogP contribution is 2.43. The highest BCUT2D eigenvalue weighted by Gasteiger charge is 2.28. The van der Waals surface area contributed by atoms with Gasteiger partial charge in [0.25, 0.3) is 0 Å². The number of aliphatic hydroxyl groups is 1. The molecule has 51 heavy (non-hydrogen) atoms. The van der Waals surface area contributed by atoms with Crippen LogP contribution in [0, 0.1) is 0 Å². The third-order valence-electron chi connectivity index (χ3n) is 9.45. The van der Waals surface area contributed by atoms with Crippen LogP contribution >= 0.6 is 7.82 Å². The Hall–Kier alpha value is -1.02. The number of nitrogens with zero attached hydrogens (tertiary/aromatic N) is 1. The number of quaternary nitrogens is 1. The molecule has 3 N–H and O–H groups in total. The van der Waals surface area contributed by atoms with E-state index in [1.165, 1.54) is 116 Å². The molecule has 0 aliphatic heterocycles. The summed E-state index contributed by atoms with van der Waals surface area (Å²) in [5.74, 6) is -0.153. The van der Waals surface area contributed by atoms with Crippen molar-refractivity contribution >= 4 is 13.7 Å². The SMILES string of the molecule is CCCCCCC/C=C\C/C=C\CCCCCCCCCCCCCC(=O)NC(COP(=O)(O)OCC[N+](C)(C)C)C(O)CCCCCCCC. The largest absolute Gasteiger partial charge is 0.472 e. The Morgan fingerprint density at radius 2 is 1.12 bits per heavy atom. The van der Waals surface area contributed by atoms with E-state index in [4.69, 9.17) is 9.05 Å². The van der Waals surface area contributed by atoms with Gasteiger partial charge in [0.1, 0.15) is 13.2 Å². The van der Waals surface area contributed by atoms with E-state index in [9.17, 15) is 19.4 Å². The predicted molar refractivity (Wildman–Crippen MR) is 217 cm³/mol. The van der Waals surface area contributed by atoms with Gasteiger partial charge in [-0.15, -0.1) is 0 Å². The van der Waals surface area contributed by atoms with Crippen molar-refractivity contribution in [2.75, 3.05) is 40.9 Å². The molecule has 0 aliphatic carbocycles. The molecular weight excluding hydrogens is 659 g/mol. The molecule has 0 heterocycles. The summed E-state index contributed by atoms with van der Waals surface area (Å²) in [6.07, 6.45) is 39.5. The molecule has 9 heteroatoms. The first-order valence-electron chi connectivity index (χ1n) is 21.2. The number of likely N-dealkylation sites (N-methyl/N-ethyl adjacent to an activating group) is 1. The van der Waals surface area contributed by atoms with E-state index in [1.54, 1.807) is 0 Å². The Morgan fingerprint density at radius 3 is 1.61 bits per heavy atom. The quantitative estimate of drug-likeness (QED) is 0.0252. The molecule has 302 valence electrons. The molecule has 0 saturated carbocycles. The Morgan fingerprint density at radius 1 is 0.667 bits per heavy atom. The third kappa shape index (κ3) is 37.1. The van der Waals surface area contributed by atoms with Crippen LogP contribution in [0.15, 0.2) is 24.3 Å². The van der Waals surface area contributed by atoms with Gasteiger partial charge in [0.05, 0.1) is 39.9 Å². The standard InChI is InChI=1S/C42H83N2O6P/c1-6-8-10-12-14-15-16-17-18-19-20-21-22-23-24-25-26-27-28-29-30-32-34-36-42(46)43-40(41(45)35-33-31-13-11-9-7-2)39-50-51(47,48)49-38-37-44(3,4)5/h16-17,19-20,40-41,45H,6-15,18,21-39H2,1-5H3,(H-,43,46,47,48)/p+1/b17-16-,20-19-. The molecule has 0 bridgehead atoms. The summed E-state index contributed by atoms with van der Waals surface area (Å²) in [6, 6.07) is -0.756. The maximum atomic E-state index is 12.8. The van der Waals surface area contributed by atoms with Gasteiger partial charge in [-0.2, -0.15) is 0 Å². The lowest BCUT2D eigenvalue weighted by atomic mass is 10.0. The number of unbranched alkanes of at least 4 members (excludes halogenated alkanes) is 21. The second kappa shape index (κ2) is 34.7. The Balaban J connectivity index is 4.09. The fourth-order valence-electron chi connectivity index (χ4n) is 6.02. The van der Waals surface area contributed by atoms with E-state index in [0.717, 1.165) is 44.9 Å². The van der Waals surface area contributed by atoms with Gasteiger partial charge in [-0.05, 0) is 44.9 Å². The summed E-state index contributed by atoms with van der Waals surface area (Å²) >= 11 is 0. The fraction of sp³-hybridized carbons (Fsp3) is 0.881. The number of carbonyl (C=O) groups excluding carboxylic acids is 1. The molecule has 3 atom stereocenters. The maximum Gasteiger partial charge on any atom is 0.472 e. The first kappa shape index (κ1) is 50.0. The smallest absolute Gasteiger partial charge is 0.391 e. The molecule has 0 aromatic heterocycles. The van der Waals surface area contributed by atoms with Gasteiger partial charge in [-0.3, -0.25) is 13.8 Å². The van der Waals surface area contributed by atoms with E-state index in [1.807, 2.05) is 21.1 Å². The molecule has 1 amide bonds. The highest BCUT2D eigenvalue weighted by atomic mass is 31.2. The van der Waals surface area contributed by atoms with Gasteiger partial charge in [-0.1, -0.05) is 160 Å². The minimum atomic E-state index is -4.30. The molecular formula is C42H84N2O6P+. The minimum Gasteiger partial charge on any atom is -0.391 e. The van der Waals surface area contributed by atoms with Crippen LogP contribution in [0.3, 0.4) is 0 Å². The zero-order valence-corrected chi connectivity index (χ0v) is 35.0.